The zero-order valence-corrected chi connectivity index (χ0v) is 9.89. The van der Waals surface area contributed by atoms with Gasteiger partial charge in [-0.3, -0.25) is 0 Å². The van der Waals surface area contributed by atoms with Crippen molar-refractivity contribution < 1.29 is 34.3 Å². The van der Waals surface area contributed by atoms with Crippen molar-refractivity contribution in [3.63, 3.8) is 0 Å². The molecule has 1 aliphatic rings. The summed E-state index contributed by atoms with van der Waals surface area (Å²) in [5.74, 6) is -0.814. The molecule has 106 valence electrons. The second-order valence-electron chi connectivity index (χ2n) is 4.25. The van der Waals surface area contributed by atoms with E-state index in [1.54, 1.807) is 0 Å². The van der Waals surface area contributed by atoms with Crippen molar-refractivity contribution >= 4 is 0 Å². The monoisotopic (exact) mass is 274 g/mol. The first kappa shape index (κ1) is 14.2. The van der Waals surface area contributed by atoms with Crippen molar-refractivity contribution in [2.45, 2.75) is 30.7 Å². The molecular formula is C12H15FO6. The standard InChI is InChI=1S/C12H15FO6/c13-6-3-1-2-4-7(6)18-12-11(17)10(16)9(15)8(5-14)19-12/h1-4,8-12,14-17H,5H2/t8-,9-,10+,11-,12+/m1/s1. The van der Waals surface area contributed by atoms with Gasteiger partial charge < -0.3 is 29.9 Å². The number of aliphatic hydroxyl groups is 4. The molecule has 1 fully saturated rings. The van der Waals surface area contributed by atoms with Crippen LogP contribution in [0, 0.1) is 5.82 Å². The quantitative estimate of drug-likeness (QED) is 0.564. The Hall–Kier alpha value is -1.25. The fourth-order valence-electron chi connectivity index (χ4n) is 1.83. The first-order chi connectivity index (χ1) is 9.04. The topological polar surface area (TPSA) is 99.4 Å². The average molecular weight is 274 g/mol. The predicted octanol–water partition coefficient (Wildman–Crippen LogP) is -0.996. The van der Waals surface area contributed by atoms with E-state index in [0.29, 0.717) is 0 Å². The number of ether oxygens (including phenoxy) is 2. The number of hydrogen-bond acceptors (Lipinski definition) is 6. The van der Waals surface area contributed by atoms with Gasteiger partial charge in [-0.1, -0.05) is 12.1 Å². The van der Waals surface area contributed by atoms with Crippen LogP contribution in [0.4, 0.5) is 4.39 Å². The van der Waals surface area contributed by atoms with Gasteiger partial charge in [-0.05, 0) is 12.1 Å². The van der Waals surface area contributed by atoms with Gasteiger partial charge in [0, 0.05) is 0 Å². The molecule has 0 bridgehead atoms. The molecule has 7 heteroatoms. The van der Waals surface area contributed by atoms with Crippen LogP contribution in [0.15, 0.2) is 24.3 Å². The van der Waals surface area contributed by atoms with E-state index >= 15 is 0 Å². The highest BCUT2D eigenvalue weighted by Gasteiger charge is 2.44. The summed E-state index contributed by atoms with van der Waals surface area (Å²) in [4.78, 5) is 0. The van der Waals surface area contributed by atoms with Crippen LogP contribution in [0.5, 0.6) is 5.75 Å². The van der Waals surface area contributed by atoms with E-state index in [-0.39, 0.29) is 5.75 Å². The Morgan fingerprint density at radius 3 is 2.42 bits per heavy atom. The van der Waals surface area contributed by atoms with Crippen molar-refractivity contribution in [2.75, 3.05) is 6.61 Å². The molecule has 6 nitrogen and oxygen atoms in total. The lowest BCUT2D eigenvalue weighted by Gasteiger charge is -2.39. The summed E-state index contributed by atoms with van der Waals surface area (Å²) in [6, 6.07) is 5.49. The van der Waals surface area contributed by atoms with Crippen molar-refractivity contribution in [1.82, 2.24) is 0 Å². The van der Waals surface area contributed by atoms with Crippen LogP contribution in [0.1, 0.15) is 0 Å². The largest absolute Gasteiger partial charge is 0.459 e. The summed E-state index contributed by atoms with van der Waals surface area (Å²) in [6.07, 6.45) is -7.05. The van der Waals surface area contributed by atoms with Crippen molar-refractivity contribution in [2.24, 2.45) is 0 Å². The van der Waals surface area contributed by atoms with Gasteiger partial charge in [-0.25, -0.2) is 4.39 Å². The van der Waals surface area contributed by atoms with Crippen LogP contribution in [-0.4, -0.2) is 57.7 Å². The highest BCUT2D eigenvalue weighted by molar-refractivity contribution is 5.24. The van der Waals surface area contributed by atoms with E-state index in [0.717, 1.165) is 0 Å². The molecule has 0 saturated carbocycles. The van der Waals surface area contributed by atoms with Gasteiger partial charge >= 0.3 is 0 Å². The van der Waals surface area contributed by atoms with Gasteiger partial charge in [0.1, 0.15) is 24.4 Å². The minimum absolute atomic E-state index is 0.160. The molecular weight excluding hydrogens is 259 g/mol. The third-order valence-corrected chi connectivity index (χ3v) is 2.93. The van der Waals surface area contributed by atoms with E-state index in [2.05, 4.69) is 0 Å². The lowest BCUT2D eigenvalue weighted by Crippen LogP contribution is -2.60. The normalized spacial score (nSPS) is 35.1. The molecule has 1 saturated heterocycles. The second kappa shape index (κ2) is 5.81. The summed E-state index contributed by atoms with van der Waals surface area (Å²) >= 11 is 0. The fourth-order valence-corrected chi connectivity index (χ4v) is 1.83. The van der Waals surface area contributed by atoms with Crippen molar-refractivity contribution in [3.05, 3.63) is 30.1 Å². The molecule has 0 radical (unpaired) electrons. The van der Waals surface area contributed by atoms with Gasteiger partial charge in [-0.2, -0.15) is 0 Å². The maximum atomic E-state index is 13.4. The number of rotatable bonds is 3. The van der Waals surface area contributed by atoms with E-state index in [4.69, 9.17) is 14.6 Å². The SMILES string of the molecule is OC[C@H]1O[C@H](Oc2ccccc2F)[C@H](O)[C@@H](O)[C@@H]1O. The highest BCUT2D eigenvalue weighted by atomic mass is 19.1. The third kappa shape index (κ3) is 2.85. The summed E-state index contributed by atoms with van der Waals surface area (Å²) < 4.78 is 23.6. The van der Waals surface area contributed by atoms with Gasteiger partial charge in [-0.15, -0.1) is 0 Å². The minimum Gasteiger partial charge on any atom is -0.459 e. The number of hydrogen-bond donors (Lipinski definition) is 4. The predicted molar refractivity (Wildman–Crippen MR) is 60.8 cm³/mol. The van der Waals surface area contributed by atoms with Gasteiger partial charge in [0.25, 0.3) is 0 Å². The van der Waals surface area contributed by atoms with Crippen LogP contribution in [0.3, 0.4) is 0 Å². The van der Waals surface area contributed by atoms with Crippen LogP contribution >= 0.6 is 0 Å². The van der Waals surface area contributed by atoms with Crippen LogP contribution in [-0.2, 0) is 4.74 Å². The molecule has 19 heavy (non-hydrogen) atoms. The molecule has 4 N–H and O–H groups in total. The first-order valence-electron chi connectivity index (χ1n) is 5.76. The van der Waals surface area contributed by atoms with Crippen LogP contribution in [0.2, 0.25) is 0 Å². The lowest BCUT2D eigenvalue weighted by molar-refractivity contribution is -0.277. The first-order valence-corrected chi connectivity index (χ1v) is 5.76. The molecule has 1 heterocycles. The fraction of sp³-hybridized carbons (Fsp3) is 0.500. The molecule has 1 aromatic rings. The lowest BCUT2D eigenvalue weighted by atomic mass is 9.99. The number of benzene rings is 1. The molecule has 0 spiro atoms. The maximum Gasteiger partial charge on any atom is 0.229 e. The number of aliphatic hydroxyl groups excluding tert-OH is 4. The maximum absolute atomic E-state index is 13.4. The molecule has 5 atom stereocenters. The van der Waals surface area contributed by atoms with Crippen molar-refractivity contribution in [1.29, 1.82) is 0 Å². The van der Waals surface area contributed by atoms with Gasteiger partial charge in [0.05, 0.1) is 6.61 Å². The Morgan fingerprint density at radius 1 is 1.11 bits per heavy atom. The Labute approximate surface area is 108 Å². The van der Waals surface area contributed by atoms with E-state index < -0.39 is 43.1 Å². The number of halogens is 1. The molecule has 0 aromatic heterocycles. The average Bonchev–Trinajstić information content (AvgIpc) is 2.41. The molecule has 0 unspecified atom stereocenters. The summed E-state index contributed by atoms with van der Waals surface area (Å²) in [5.41, 5.74) is 0. The minimum atomic E-state index is -1.56. The van der Waals surface area contributed by atoms with Crippen molar-refractivity contribution in [3.8, 4) is 5.75 Å². The second-order valence-corrected chi connectivity index (χ2v) is 4.25. The summed E-state index contributed by atoms with van der Waals surface area (Å²) in [6.45, 7) is -0.567. The zero-order chi connectivity index (χ0) is 14.0. The summed E-state index contributed by atoms with van der Waals surface area (Å²) in [5, 5.41) is 37.8. The van der Waals surface area contributed by atoms with E-state index in [1.807, 2.05) is 0 Å². The smallest absolute Gasteiger partial charge is 0.229 e. The molecule has 1 aromatic carbocycles. The summed E-state index contributed by atoms with van der Waals surface area (Å²) in [7, 11) is 0. The van der Waals surface area contributed by atoms with Crippen LogP contribution < -0.4 is 4.74 Å². The Morgan fingerprint density at radius 2 is 1.79 bits per heavy atom. The number of para-hydroxylation sites is 1. The third-order valence-electron chi connectivity index (χ3n) is 2.93. The molecule has 0 amide bonds. The molecule has 1 aliphatic heterocycles. The Kier molecular flexibility index (Phi) is 4.33. The van der Waals surface area contributed by atoms with E-state index in [9.17, 15) is 19.7 Å². The highest BCUT2D eigenvalue weighted by Crippen LogP contribution is 2.25. The zero-order valence-electron chi connectivity index (χ0n) is 9.89. The Balaban J connectivity index is 2.13. The Bertz CT molecular complexity index is 426. The van der Waals surface area contributed by atoms with Crippen LogP contribution in [0.25, 0.3) is 0 Å². The van der Waals surface area contributed by atoms with E-state index in [1.165, 1.54) is 24.3 Å². The molecule has 2 rings (SSSR count). The van der Waals surface area contributed by atoms with Gasteiger partial charge in [0.2, 0.25) is 6.29 Å². The van der Waals surface area contributed by atoms with Gasteiger partial charge in [0.15, 0.2) is 11.6 Å². The molecule has 0 aliphatic carbocycles.